The molecule has 0 saturated carbocycles. The lowest BCUT2D eigenvalue weighted by Crippen LogP contribution is -2.52. The fraction of sp³-hybridized carbons (Fsp3) is 0.784. The molecule has 1 amide bonds. The van der Waals surface area contributed by atoms with E-state index in [-0.39, 0.29) is 41.9 Å². The number of rotatable bonds is 21. The molecule has 0 aromatic heterocycles. The molecule has 9 heteroatoms. The number of benzene rings is 1. The van der Waals surface area contributed by atoms with E-state index in [9.17, 15) is 14.7 Å². The second-order valence-electron chi connectivity index (χ2n) is 14.4. The minimum Gasteiger partial charge on any atom is -0.507 e. The number of hydrogen-bond acceptors (Lipinski definition) is 8. The average molecular weight is 681 g/mol. The van der Waals surface area contributed by atoms with E-state index >= 15 is 0 Å². The third-order valence-electron chi connectivity index (χ3n) is 9.80. The number of amides is 1. The molecule has 0 saturated heterocycles. The van der Waals surface area contributed by atoms with E-state index in [1.807, 2.05) is 13.8 Å². The number of aromatic hydroxyl groups is 1. The summed E-state index contributed by atoms with van der Waals surface area (Å²) in [6.07, 6.45) is 13.0. The zero-order valence-electron chi connectivity index (χ0n) is 30.0. The van der Waals surface area contributed by atoms with E-state index < -0.39 is 18.1 Å². The number of esters is 1. The van der Waals surface area contributed by atoms with E-state index in [2.05, 4.69) is 70.5 Å². The van der Waals surface area contributed by atoms with Crippen molar-refractivity contribution in [3.63, 3.8) is 0 Å². The predicted molar refractivity (Wildman–Crippen MR) is 197 cm³/mol. The van der Waals surface area contributed by atoms with Gasteiger partial charge in [-0.2, -0.15) is 25.3 Å². The highest BCUT2D eigenvalue weighted by molar-refractivity contribution is 7.80. The highest BCUT2D eigenvalue weighted by Crippen LogP contribution is 2.45. The minimum atomic E-state index is -0.843. The summed E-state index contributed by atoms with van der Waals surface area (Å²) in [4.78, 5) is 25.2. The summed E-state index contributed by atoms with van der Waals surface area (Å²) in [5.41, 5.74) is 3.25. The van der Waals surface area contributed by atoms with Crippen molar-refractivity contribution < 1.29 is 24.2 Å². The Morgan fingerprint density at radius 3 is 2.09 bits per heavy atom. The number of thiol groups is 2. The summed E-state index contributed by atoms with van der Waals surface area (Å²) in [6, 6.07) is -1.52. The van der Waals surface area contributed by atoms with Crippen LogP contribution in [0.25, 0.3) is 0 Å². The van der Waals surface area contributed by atoms with Crippen molar-refractivity contribution in [2.45, 2.75) is 150 Å². The van der Waals surface area contributed by atoms with E-state index in [1.165, 1.54) is 44.9 Å². The molecule has 0 bridgehead atoms. The Morgan fingerprint density at radius 2 is 1.52 bits per heavy atom. The number of fused-ring (bicyclic) bond motifs is 1. The van der Waals surface area contributed by atoms with Crippen LogP contribution in [-0.4, -0.2) is 52.8 Å². The Hall–Kier alpha value is -1.58. The number of carbonyl (C=O) groups excluding carboxylic acids is 2. The monoisotopic (exact) mass is 680 g/mol. The lowest BCUT2D eigenvalue weighted by Gasteiger charge is -2.38. The van der Waals surface area contributed by atoms with Gasteiger partial charge in [0, 0.05) is 29.2 Å². The molecule has 0 aliphatic carbocycles. The quantitative estimate of drug-likeness (QED) is 0.0670. The largest absolute Gasteiger partial charge is 0.507 e. The van der Waals surface area contributed by atoms with Crippen LogP contribution in [0.5, 0.6) is 11.5 Å². The lowest BCUT2D eigenvalue weighted by atomic mass is 9.83. The summed E-state index contributed by atoms with van der Waals surface area (Å²) < 4.78 is 11.8. The molecule has 3 unspecified atom stereocenters. The molecular formula is C37H64N2O5S2. The highest BCUT2D eigenvalue weighted by Gasteiger charge is 2.35. The SMILES string of the molecule is CCOC(=O)[C@H](CS)NC(=O)[C@H](CS)NCc1c(O)c(C)c(C)c2c1CCC(C)(CCCC(C)CCCC(C)CCCC(C)C)O2. The predicted octanol–water partition coefficient (Wildman–Crippen LogP) is 7.90. The maximum atomic E-state index is 13.0. The smallest absolute Gasteiger partial charge is 0.329 e. The third kappa shape index (κ3) is 12.5. The zero-order chi connectivity index (χ0) is 34.4. The van der Waals surface area contributed by atoms with Crippen LogP contribution >= 0.6 is 25.3 Å². The average Bonchev–Trinajstić information content (AvgIpc) is 3.00. The topological polar surface area (TPSA) is 96.9 Å². The Bertz CT molecular complexity index is 1110. The number of ether oxygens (including phenoxy) is 2. The van der Waals surface area contributed by atoms with Crippen LogP contribution in [0.4, 0.5) is 0 Å². The highest BCUT2D eigenvalue weighted by atomic mass is 32.1. The number of hydrogen-bond donors (Lipinski definition) is 5. The summed E-state index contributed by atoms with van der Waals surface area (Å²) in [5, 5.41) is 17.1. The maximum absolute atomic E-state index is 13.0. The van der Waals surface area contributed by atoms with Crippen LogP contribution in [0.1, 0.15) is 128 Å². The number of carbonyl (C=O) groups is 2. The molecule has 3 N–H and O–H groups in total. The molecular weight excluding hydrogens is 617 g/mol. The van der Waals surface area contributed by atoms with Crippen LogP contribution in [0.3, 0.4) is 0 Å². The summed E-state index contributed by atoms with van der Waals surface area (Å²) in [7, 11) is 0. The molecule has 0 radical (unpaired) electrons. The van der Waals surface area contributed by atoms with Crippen LogP contribution < -0.4 is 15.4 Å². The zero-order valence-corrected chi connectivity index (χ0v) is 31.8. The fourth-order valence-corrected chi connectivity index (χ4v) is 7.03. The molecule has 1 aromatic rings. The van der Waals surface area contributed by atoms with Gasteiger partial charge in [-0.05, 0) is 82.3 Å². The Morgan fingerprint density at radius 1 is 0.935 bits per heavy atom. The first kappa shape index (κ1) is 40.6. The van der Waals surface area contributed by atoms with Gasteiger partial charge in [0.25, 0.3) is 0 Å². The molecule has 5 atom stereocenters. The first-order valence-corrected chi connectivity index (χ1v) is 19.0. The Kier molecular flexibility index (Phi) is 17.7. The van der Waals surface area contributed by atoms with E-state index in [1.54, 1.807) is 6.92 Å². The summed E-state index contributed by atoms with van der Waals surface area (Å²) in [6.45, 7) is 17.8. The van der Waals surface area contributed by atoms with Crippen molar-refractivity contribution in [3.8, 4) is 11.5 Å². The normalized spacial score (nSPS) is 18.8. The molecule has 1 aromatic carbocycles. The molecule has 1 aliphatic heterocycles. The lowest BCUT2D eigenvalue weighted by molar-refractivity contribution is -0.146. The molecule has 1 heterocycles. The molecule has 1 aliphatic rings. The Labute approximate surface area is 290 Å². The first-order valence-electron chi connectivity index (χ1n) is 17.7. The van der Waals surface area contributed by atoms with Gasteiger partial charge in [0.05, 0.1) is 12.6 Å². The van der Waals surface area contributed by atoms with Crippen molar-refractivity contribution in [2.75, 3.05) is 18.1 Å². The van der Waals surface area contributed by atoms with Gasteiger partial charge in [0.1, 0.15) is 23.1 Å². The van der Waals surface area contributed by atoms with Crippen molar-refractivity contribution in [2.24, 2.45) is 17.8 Å². The maximum Gasteiger partial charge on any atom is 0.329 e. The van der Waals surface area contributed by atoms with E-state index in [4.69, 9.17) is 9.47 Å². The van der Waals surface area contributed by atoms with Gasteiger partial charge >= 0.3 is 5.97 Å². The first-order chi connectivity index (χ1) is 21.8. The van der Waals surface area contributed by atoms with E-state index in [0.29, 0.717) is 0 Å². The molecule has 0 spiro atoms. The van der Waals surface area contributed by atoms with Crippen LogP contribution in [0, 0.1) is 31.6 Å². The third-order valence-corrected chi connectivity index (χ3v) is 10.5. The number of nitrogens with one attached hydrogen (secondary N) is 2. The van der Waals surface area contributed by atoms with Crippen molar-refractivity contribution in [1.29, 1.82) is 0 Å². The molecule has 2 rings (SSSR count). The van der Waals surface area contributed by atoms with Gasteiger partial charge in [-0.1, -0.05) is 72.6 Å². The van der Waals surface area contributed by atoms with Crippen LogP contribution in [0.15, 0.2) is 0 Å². The van der Waals surface area contributed by atoms with Crippen molar-refractivity contribution in [3.05, 3.63) is 22.3 Å². The number of phenolic OH excluding ortho intramolecular Hbond substituents is 1. The number of phenols is 1. The van der Waals surface area contributed by atoms with Gasteiger partial charge in [-0.15, -0.1) is 0 Å². The Balaban J connectivity index is 1.98. The summed E-state index contributed by atoms with van der Waals surface area (Å²) in [5.74, 6) is 2.91. The van der Waals surface area contributed by atoms with Gasteiger partial charge in [0.2, 0.25) is 5.91 Å². The van der Waals surface area contributed by atoms with Gasteiger partial charge in [0.15, 0.2) is 0 Å². The van der Waals surface area contributed by atoms with Crippen molar-refractivity contribution >= 4 is 37.1 Å². The molecule has 0 fully saturated rings. The molecule has 7 nitrogen and oxygen atoms in total. The standard InChI is InChI=1S/C37H64N2O5S2/c1-9-43-36(42)32(23-46)39-35(41)31(22-45)38-21-30-29-18-20-37(8,44-34(29)28(7)27(6)33(30)40)19-12-17-26(5)16-11-15-25(4)14-10-13-24(2)3/h24-26,31-32,38,40,45-46H,9-23H2,1-8H3,(H,39,41)/t25?,26?,31-,32-,37?/m0/s1. The fourth-order valence-electron chi connectivity index (χ4n) is 6.50. The molecule has 46 heavy (non-hydrogen) atoms. The van der Waals surface area contributed by atoms with E-state index in [0.717, 1.165) is 71.4 Å². The van der Waals surface area contributed by atoms with Crippen LogP contribution in [-0.2, 0) is 27.3 Å². The van der Waals surface area contributed by atoms with Crippen LogP contribution in [0.2, 0.25) is 0 Å². The van der Waals surface area contributed by atoms with Gasteiger partial charge < -0.3 is 25.2 Å². The van der Waals surface area contributed by atoms with Gasteiger partial charge in [-0.3, -0.25) is 4.79 Å². The molecule has 264 valence electrons. The second-order valence-corrected chi connectivity index (χ2v) is 15.1. The van der Waals surface area contributed by atoms with Gasteiger partial charge in [-0.25, -0.2) is 4.79 Å². The second kappa shape index (κ2) is 20.1. The minimum absolute atomic E-state index is 0.127. The summed E-state index contributed by atoms with van der Waals surface area (Å²) >= 11 is 8.57. The van der Waals surface area contributed by atoms with Crippen molar-refractivity contribution in [1.82, 2.24) is 10.6 Å².